The van der Waals surface area contributed by atoms with Crippen LogP contribution in [-0.2, 0) is 11.3 Å². The molecule has 1 aliphatic heterocycles. The highest BCUT2D eigenvalue weighted by atomic mass is 35.5. The minimum Gasteiger partial charge on any atom is -0.372 e. The van der Waals surface area contributed by atoms with Crippen LogP contribution in [0.2, 0.25) is 0 Å². The first-order valence-electron chi connectivity index (χ1n) is 7.28. The van der Waals surface area contributed by atoms with Crippen LogP contribution in [0.3, 0.4) is 0 Å². The van der Waals surface area contributed by atoms with E-state index in [-0.39, 0.29) is 42.7 Å². The Morgan fingerprint density at radius 2 is 2.00 bits per heavy atom. The number of amides is 1. The van der Waals surface area contributed by atoms with Gasteiger partial charge in [0.05, 0.1) is 0 Å². The lowest BCUT2D eigenvalue weighted by Gasteiger charge is -2.30. The SMILES string of the molecule is CNCC(C)C(=O)N1Cc2ccccc2N(C)CC1C.Cl.Cl. The van der Waals surface area contributed by atoms with E-state index in [1.807, 2.05) is 24.9 Å². The van der Waals surface area contributed by atoms with Crippen LogP contribution in [0.4, 0.5) is 5.69 Å². The zero-order valence-electron chi connectivity index (χ0n) is 13.7. The second-order valence-corrected chi connectivity index (χ2v) is 5.78. The molecule has 2 atom stereocenters. The Morgan fingerprint density at radius 1 is 1.36 bits per heavy atom. The summed E-state index contributed by atoms with van der Waals surface area (Å²) in [4.78, 5) is 16.9. The molecule has 1 amide bonds. The quantitative estimate of drug-likeness (QED) is 0.912. The molecule has 0 aromatic heterocycles. The number of likely N-dealkylation sites (N-methyl/N-ethyl adjacent to an activating group) is 1. The predicted octanol–water partition coefficient (Wildman–Crippen LogP) is 2.55. The molecular formula is C16H27Cl2N3O. The van der Waals surface area contributed by atoms with Gasteiger partial charge in [0.1, 0.15) is 0 Å². The van der Waals surface area contributed by atoms with Gasteiger partial charge in [0, 0.05) is 44.3 Å². The molecule has 0 bridgehead atoms. The monoisotopic (exact) mass is 347 g/mol. The van der Waals surface area contributed by atoms with Crippen molar-refractivity contribution < 1.29 is 4.79 Å². The maximum absolute atomic E-state index is 12.6. The first-order valence-corrected chi connectivity index (χ1v) is 7.28. The number of nitrogens with one attached hydrogen (secondary N) is 1. The van der Waals surface area contributed by atoms with E-state index in [1.54, 1.807) is 0 Å². The zero-order chi connectivity index (χ0) is 14.7. The average Bonchev–Trinajstić information content (AvgIpc) is 2.56. The van der Waals surface area contributed by atoms with Gasteiger partial charge >= 0.3 is 0 Å². The fourth-order valence-corrected chi connectivity index (χ4v) is 2.92. The molecular weight excluding hydrogens is 321 g/mol. The summed E-state index contributed by atoms with van der Waals surface area (Å²) in [7, 11) is 3.99. The lowest BCUT2D eigenvalue weighted by Crippen LogP contribution is -2.45. The highest BCUT2D eigenvalue weighted by Crippen LogP contribution is 2.26. The molecule has 0 aliphatic carbocycles. The molecule has 2 unspecified atom stereocenters. The second-order valence-electron chi connectivity index (χ2n) is 5.78. The number of carbonyl (C=O) groups is 1. The summed E-state index contributed by atoms with van der Waals surface area (Å²) >= 11 is 0. The molecule has 6 heteroatoms. The Hall–Kier alpha value is -0.970. The van der Waals surface area contributed by atoms with Gasteiger partial charge in [-0.3, -0.25) is 4.79 Å². The van der Waals surface area contributed by atoms with Crippen molar-refractivity contribution in [2.75, 3.05) is 32.1 Å². The summed E-state index contributed by atoms with van der Waals surface area (Å²) in [5.74, 6) is 0.245. The maximum atomic E-state index is 12.6. The number of nitrogens with zero attached hydrogens (tertiary/aromatic N) is 2. The van der Waals surface area contributed by atoms with Gasteiger partial charge in [-0.05, 0) is 25.6 Å². The van der Waals surface area contributed by atoms with Crippen molar-refractivity contribution in [3.63, 3.8) is 0 Å². The van der Waals surface area contributed by atoms with E-state index in [1.165, 1.54) is 11.3 Å². The van der Waals surface area contributed by atoms with Crippen LogP contribution >= 0.6 is 24.8 Å². The predicted molar refractivity (Wildman–Crippen MR) is 97.3 cm³/mol. The molecule has 1 aliphatic rings. The van der Waals surface area contributed by atoms with Gasteiger partial charge in [-0.1, -0.05) is 25.1 Å². The standard InChI is InChI=1S/C16H25N3O.2ClH/c1-12(9-17-3)16(20)19-11-14-7-5-6-8-15(14)18(4)10-13(19)2;;/h5-8,12-13,17H,9-11H2,1-4H3;2*1H. The number of carbonyl (C=O) groups excluding carboxylic acids is 1. The largest absolute Gasteiger partial charge is 0.372 e. The van der Waals surface area contributed by atoms with Crippen molar-refractivity contribution in [1.29, 1.82) is 0 Å². The van der Waals surface area contributed by atoms with Crippen molar-refractivity contribution in [3.05, 3.63) is 29.8 Å². The molecule has 1 aromatic rings. The van der Waals surface area contributed by atoms with Crippen LogP contribution in [0, 0.1) is 5.92 Å². The highest BCUT2D eigenvalue weighted by Gasteiger charge is 2.29. The molecule has 0 fully saturated rings. The van der Waals surface area contributed by atoms with Crippen LogP contribution in [-0.4, -0.2) is 44.0 Å². The fourth-order valence-electron chi connectivity index (χ4n) is 2.92. The minimum atomic E-state index is 0. The van der Waals surface area contributed by atoms with Crippen LogP contribution in [0.5, 0.6) is 0 Å². The molecule has 0 saturated heterocycles. The van der Waals surface area contributed by atoms with Gasteiger partial charge in [-0.25, -0.2) is 0 Å². The third kappa shape index (κ3) is 4.51. The number of benzene rings is 1. The minimum absolute atomic E-state index is 0. The van der Waals surface area contributed by atoms with Crippen molar-refractivity contribution in [2.45, 2.75) is 26.4 Å². The average molecular weight is 348 g/mol. The van der Waals surface area contributed by atoms with Crippen molar-refractivity contribution in [3.8, 4) is 0 Å². The van der Waals surface area contributed by atoms with Crippen LogP contribution in [0.1, 0.15) is 19.4 Å². The Kier molecular flexibility index (Phi) is 8.83. The molecule has 2 rings (SSSR count). The first-order chi connectivity index (χ1) is 9.54. The molecule has 1 aromatic carbocycles. The van der Waals surface area contributed by atoms with Gasteiger partial charge in [-0.15, -0.1) is 24.8 Å². The molecule has 22 heavy (non-hydrogen) atoms. The number of hydrogen-bond donors (Lipinski definition) is 1. The summed E-state index contributed by atoms with van der Waals surface area (Å²) in [6.07, 6.45) is 0. The normalized spacial score (nSPS) is 18.5. The number of para-hydroxylation sites is 1. The molecule has 1 N–H and O–H groups in total. The van der Waals surface area contributed by atoms with Gasteiger partial charge in [0.25, 0.3) is 0 Å². The van der Waals surface area contributed by atoms with Gasteiger partial charge < -0.3 is 15.1 Å². The van der Waals surface area contributed by atoms with E-state index in [2.05, 4.69) is 42.4 Å². The van der Waals surface area contributed by atoms with Crippen molar-refractivity contribution in [2.24, 2.45) is 5.92 Å². The highest BCUT2D eigenvalue weighted by molar-refractivity contribution is 5.85. The number of halogens is 2. The van der Waals surface area contributed by atoms with Gasteiger partial charge in [0.15, 0.2) is 0 Å². The second kappa shape index (κ2) is 9.23. The van der Waals surface area contributed by atoms with Crippen LogP contribution in [0.25, 0.3) is 0 Å². The molecule has 126 valence electrons. The van der Waals surface area contributed by atoms with E-state index >= 15 is 0 Å². The summed E-state index contributed by atoms with van der Waals surface area (Å²) in [6, 6.07) is 8.57. The van der Waals surface area contributed by atoms with E-state index in [9.17, 15) is 4.79 Å². The smallest absolute Gasteiger partial charge is 0.227 e. The van der Waals surface area contributed by atoms with Crippen molar-refractivity contribution >= 4 is 36.4 Å². The molecule has 4 nitrogen and oxygen atoms in total. The third-order valence-corrected chi connectivity index (χ3v) is 4.03. The Bertz CT molecular complexity index is 484. The molecule has 1 heterocycles. The third-order valence-electron chi connectivity index (χ3n) is 4.03. The Morgan fingerprint density at radius 3 is 2.64 bits per heavy atom. The maximum Gasteiger partial charge on any atom is 0.227 e. The molecule has 0 spiro atoms. The summed E-state index contributed by atoms with van der Waals surface area (Å²) in [6.45, 7) is 6.42. The number of fused-ring (bicyclic) bond motifs is 1. The fraction of sp³-hybridized carbons (Fsp3) is 0.562. The summed E-state index contributed by atoms with van der Waals surface area (Å²) in [5.41, 5.74) is 2.46. The molecule has 0 radical (unpaired) electrons. The lowest BCUT2D eigenvalue weighted by atomic mass is 10.1. The van der Waals surface area contributed by atoms with Gasteiger partial charge in [0.2, 0.25) is 5.91 Å². The number of hydrogen-bond acceptors (Lipinski definition) is 3. The topological polar surface area (TPSA) is 35.6 Å². The van der Waals surface area contributed by atoms with E-state index < -0.39 is 0 Å². The van der Waals surface area contributed by atoms with E-state index in [4.69, 9.17) is 0 Å². The van der Waals surface area contributed by atoms with E-state index in [0.717, 1.165) is 13.1 Å². The van der Waals surface area contributed by atoms with Crippen LogP contribution < -0.4 is 10.2 Å². The Labute approximate surface area is 146 Å². The lowest BCUT2D eigenvalue weighted by molar-refractivity contribution is -0.137. The summed E-state index contributed by atoms with van der Waals surface area (Å²) < 4.78 is 0. The summed E-state index contributed by atoms with van der Waals surface area (Å²) in [5, 5.41) is 3.09. The number of anilines is 1. The van der Waals surface area contributed by atoms with Crippen LogP contribution in [0.15, 0.2) is 24.3 Å². The zero-order valence-corrected chi connectivity index (χ0v) is 15.3. The first kappa shape index (κ1) is 21.0. The molecule has 0 saturated carbocycles. The van der Waals surface area contributed by atoms with Gasteiger partial charge in [-0.2, -0.15) is 0 Å². The Balaban J connectivity index is 0.00000220. The number of rotatable bonds is 3. The van der Waals surface area contributed by atoms with Crippen molar-refractivity contribution in [1.82, 2.24) is 10.2 Å². The van der Waals surface area contributed by atoms with E-state index in [0.29, 0.717) is 6.54 Å².